The molecule has 0 aliphatic rings. The van der Waals surface area contributed by atoms with Gasteiger partial charge in [-0.1, -0.05) is 29.8 Å². The molecule has 2 heterocycles. The first-order valence-corrected chi connectivity index (χ1v) is 9.20. The normalized spacial score (nSPS) is 11.2. The van der Waals surface area contributed by atoms with Crippen molar-refractivity contribution in [3.8, 4) is 0 Å². The van der Waals surface area contributed by atoms with Gasteiger partial charge in [-0.15, -0.1) is 0 Å². The molecule has 0 aliphatic heterocycles. The van der Waals surface area contributed by atoms with E-state index >= 15 is 0 Å². The lowest BCUT2D eigenvalue weighted by Crippen LogP contribution is -2.09. The molecule has 134 valence electrons. The van der Waals surface area contributed by atoms with Crippen molar-refractivity contribution in [2.24, 2.45) is 0 Å². The molecule has 1 aromatic carbocycles. The lowest BCUT2D eigenvalue weighted by atomic mass is 10.2. The van der Waals surface area contributed by atoms with Crippen LogP contribution in [0.4, 0.5) is 5.82 Å². The second-order valence-corrected chi connectivity index (χ2v) is 6.83. The summed E-state index contributed by atoms with van der Waals surface area (Å²) in [5, 5.41) is 12.0. The second kappa shape index (κ2) is 8.33. The molecule has 0 atom stereocenters. The smallest absolute Gasteiger partial charge is 0.249 e. The number of carbonyl (C=O) groups is 1. The van der Waals surface area contributed by atoms with Crippen LogP contribution >= 0.6 is 27.5 Å². The van der Waals surface area contributed by atoms with Gasteiger partial charge in [0.25, 0.3) is 0 Å². The number of nitrogens with zero attached hydrogens (tertiary/aromatic N) is 4. The van der Waals surface area contributed by atoms with Crippen molar-refractivity contribution in [3.63, 3.8) is 0 Å². The topological polar surface area (TPSA) is 64.7 Å². The minimum Gasteiger partial charge on any atom is -0.305 e. The van der Waals surface area contributed by atoms with Crippen molar-refractivity contribution in [1.82, 2.24) is 19.6 Å². The van der Waals surface area contributed by atoms with Gasteiger partial charge < -0.3 is 5.32 Å². The highest BCUT2D eigenvalue weighted by molar-refractivity contribution is 9.10. The van der Waals surface area contributed by atoms with Gasteiger partial charge in [0.15, 0.2) is 5.82 Å². The molecule has 26 heavy (non-hydrogen) atoms. The Morgan fingerprint density at radius 2 is 2.12 bits per heavy atom. The van der Waals surface area contributed by atoms with E-state index in [9.17, 15) is 4.79 Å². The maximum absolute atomic E-state index is 12.1. The van der Waals surface area contributed by atoms with Crippen LogP contribution in [0.2, 0.25) is 5.02 Å². The average Bonchev–Trinajstić information content (AvgIpc) is 3.22. The average molecular weight is 435 g/mol. The SMILES string of the molecule is CCn1cc(/C=C/C(=O)Nc2nn(Cc3ccccc3Cl)cc2Br)cn1. The molecule has 8 heteroatoms. The van der Waals surface area contributed by atoms with E-state index < -0.39 is 0 Å². The van der Waals surface area contributed by atoms with Crippen LogP contribution in [0.15, 0.2) is 53.4 Å². The van der Waals surface area contributed by atoms with Crippen molar-refractivity contribution in [3.05, 3.63) is 69.6 Å². The zero-order chi connectivity index (χ0) is 18.5. The summed E-state index contributed by atoms with van der Waals surface area (Å²) in [5.41, 5.74) is 1.82. The minimum atomic E-state index is -0.266. The molecule has 0 saturated heterocycles. The summed E-state index contributed by atoms with van der Waals surface area (Å²) in [6.45, 7) is 3.31. The molecule has 0 aliphatic carbocycles. The molecule has 3 rings (SSSR count). The van der Waals surface area contributed by atoms with Crippen molar-refractivity contribution in [2.75, 3.05) is 5.32 Å². The number of rotatable bonds is 6. The van der Waals surface area contributed by atoms with E-state index in [1.165, 1.54) is 6.08 Å². The Morgan fingerprint density at radius 3 is 2.85 bits per heavy atom. The van der Waals surface area contributed by atoms with E-state index in [0.29, 0.717) is 21.9 Å². The summed E-state index contributed by atoms with van der Waals surface area (Å²) >= 11 is 9.60. The molecule has 0 bridgehead atoms. The number of aryl methyl sites for hydroxylation is 1. The van der Waals surface area contributed by atoms with Crippen LogP contribution in [0, 0.1) is 0 Å². The maximum Gasteiger partial charge on any atom is 0.249 e. The van der Waals surface area contributed by atoms with Crippen molar-refractivity contribution in [1.29, 1.82) is 0 Å². The quantitative estimate of drug-likeness (QED) is 0.591. The lowest BCUT2D eigenvalue weighted by Gasteiger charge is -2.04. The first kappa shape index (κ1) is 18.4. The Balaban J connectivity index is 1.65. The van der Waals surface area contributed by atoms with Gasteiger partial charge in [-0.3, -0.25) is 14.2 Å². The molecule has 3 aromatic rings. The largest absolute Gasteiger partial charge is 0.305 e. The number of anilines is 1. The summed E-state index contributed by atoms with van der Waals surface area (Å²) in [4.78, 5) is 12.1. The predicted octanol–water partition coefficient (Wildman–Crippen LogP) is 4.22. The molecule has 2 aromatic heterocycles. The first-order valence-electron chi connectivity index (χ1n) is 8.03. The van der Waals surface area contributed by atoms with Crippen molar-refractivity contribution < 1.29 is 4.79 Å². The summed E-state index contributed by atoms with van der Waals surface area (Å²) < 4.78 is 4.21. The fraction of sp³-hybridized carbons (Fsp3) is 0.167. The number of hydrogen-bond acceptors (Lipinski definition) is 3. The highest BCUT2D eigenvalue weighted by atomic mass is 79.9. The van der Waals surface area contributed by atoms with Gasteiger partial charge in [0.05, 0.1) is 17.2 Å². The van der Waals surface area contributed by atoms with E-state index in [1.807, 2.05) is 37.4 Å². The Hall–Kier alpha value is -2.38. The summed E-state index contributed by atoms with van der Waals surface area (Å²) in [6.07, 6.45) is 8.55. The monoisotopic (exact) mass is 433 g/mol. The van der Waals surface area contributed by atoms with E-state index in [0.717, 1.165) is 17.7 Å². The van der Waals surface area contributed by atoms with Crippen molar-refractivity contribution >= 4 is 45.3 Å². The summed E-state index contributed by atoms with van der Waals surface area (Å²) in [6, 6.07) is 7.58. The van der Waals surface area contributed by atoms with E-state index in [1.54, 1.807) is 27.8 Å². The van der Waals surface area contributed by atoms with E-state index in [2.05, 4.69) is 31.4 Å². The third-order valence-corrected chi connectivity index (χ3v) is 4.60. The van der Waals surface area contributed by atoms with Gasteiger partial charge in [-0.25, -0.2) is 0 Å². The zero-order valence-electron chi connectivity index (χ0n) is 14.1. The number of halogens is 2. The highest BCUT2D eigenvalue weighted by Gasteiger charge is 2.10. The molecule has 1 amide bonds. The lowest BCUT2D eigenvalue weighted by molar-refractivity contribution is -0.111. The van der Waals surface area contributed by atoms with Gasteiger partial charge in [-0.2, -0.15) is 10.2 Å². The molecule has 0 spiro atoms. The number of aromatic nitrogens is 4. The molecule has 6 nitrogen and oxygen atoms in total. The van der Waals surface area contributed by atoms with Gasteiger partial charge in [-0.05, 0) is 40.6 Å². The van der Waals surface area contributed by atoms with Crippen LogP contribution in [-0.2, 0) is 17.9 Å². The van der Waals surface area contributed by atoms with Gasteiger partial charge in [0, 0.05) is 35.6 Å². The zero-order valence-corrected chi connectivity index (χ0v) is 16.4. The molecule has 0 radical (unpaired) electrons. The molecular weight excluding hydrogens is 418 g/mol. The van der Waals surface area contributed by atoms with Crippen LogP contribution in [0.5, 0.6) is 0 Å². The first-order chi connectivity index (χ1) is 12.5. The van der Waals surface area contributed by atoms with Crippen LogP contribution in [0.25, 0.3) is 6.08 Å². The van der Waals surface area contributed by atoms with Crippen LogP contribution in [0.1, 0.15) is 18.1 Å². The third kappa shape index (κ3) is 4.62. The van der Waals surface area contributed by atoms with Crippen LogP contribution in [0.3, 0.4) is 0 Å². The Bertz CT molecular complexity index is 947. The van der Waals surface area contributed by atoms with E-state index in [-0.39, 0.29) is 5.91 Å². The molecular formula is C18H17BrClN5O. The van der Waals surface area contributed by atoms with Crippen LogP contribution in [-0.4, -0.2) is 25.5 Å². The Kier molecular flexibility index (Phi) is 5.90. The third-order valence-electron chi connectivity index (χ3n) is 3.65. The van der Waals surface area contributed by atoms with Gasteiger partial charge >= 0.3 is 0 Å². The maximum atomic E-state index is 12.1. The number of hydrogen-bond donors (Lipinski definition) is 1. The number of carbonyl (C=O) groups excluding carboxylic acids is 1. The molecule has 0 fully saturated rings. The van der Waals surface area contributed by atoms with E-state index in [4.69, 9.17) is 11.6 Å². The molecule has 0 saturated carbocycles. The summed E-state index contributed by atoms with van der Waals surface area (Å²) in [7, 11) is 0. The highest BCUT2D eigenvalue weighted by Crippen LogP contribution is 2.22. The second-order valence-electron chi connectivity index (χ2n) is 5.57. The van der Waals surface area contributed by atoms with Crippen molar-refractivity contribution in [2.45, 2.75) is 20.0 Å². The fourth-order valence-corrected chi connectivity index (χ4v) is 2.94. The fourth-order valence-electron chi connectivity index (χ4n) is 2.33. The minimum absolute atomic E-state index is 0.266. The number of nitrogens with one attached hydrogen (secondary N) is 1. The van der Waals surface area contributed by atoms with Crippen LogP contribution < -0.4 is 5.32 Å². The number of benzene rings is 1. The summed E-state index contributed by atoms with van der Waals surface area (Å²) in [5.74, 6) is 0.189. The molecule has 1 N–H and O–H groups in total. The Morgan fingerprint density at radius 1 is 1.31 bits per heavy atom. The van der Waals surface area contributed by atoms with Gasteiger partial charge in [0.2, 0.25) is 5.91 Å². The standard InChI is InChI=1S/C18H17BrClN5O/c1-2-24-10-13(9-21-24)7-8-17(26)22-18-15(19)12-25(23-18)11-14-5-3-4-6-16(14)20/h3-10,12H,2,11H2,1H3,(H,22,23,26)/b8-7+. The van der Waals surface area contributed by atoms with Gasteiger partial charge in [0.1, 0.15) is 0 Å². The number of amides is 1. The Labute approximate surface area is 164 Å². The molecule has 0 unspecified atom stereocenters. The predicted molar refractivity (Wildman–Crippen MR) is 106 cm³/mol.